The first-order valence-corrected chi connectivity index (χ1v) is 9.70. The number of ether oxygens (including phenoxy) is 1. The largest absolute Gasteiger partial charge is 0.382 e. The molecule has 4 aliphatic carbocycles. The fraction of sp³-hybridized carbons (Fsp3) is 0.895. The topological polar surface area (TPSA) is 67.4 Å². The van der Waals surface area contributed by atoms with Crippen LogP contribution in [0.15, 0.2) is 0 Å². The number of amides is 2. The lowest BCUT2D eigenvalue weighted by molar-refractivity contribution is -0.131. The fourth-order valence-corrected chi connectivity index (χ4v) is 5.70. The Bertz CT molecular complexity index is 428. The molecular weight excluding hydrogens is 304 g/mol. The summed E-state index contributed by atoms with van der Waals surface area (Å²) >= 11 is 0. The highest BCUT2D eigenvalue weighted by atomic mass is 16.5. The van der Waals surface area contributed by atoms with Gasteiger partial charge in [-0.25, -0.2) is 0 Å². The molecule has 0 aromatic heterocycles. The average molecular weight is 336 g/mol. The first kappa shape index (κ1) is 17.7. The molecule has 4 rings (SSSR count). The van der Waals surface area contributed by atoms with Gasteiger partial charge in [0.2, 0.25) is 11.8 Å². The van der Waals surface area contributed by atoms with Crippen LogP contribution in [0.3, 0.4) is 0 Å². The van der Waals surface area contributed by atoms with Crippen LogP contribution in [0.4, 0.5) is 0 Å². The molecule has 4 bridgehead atoms. The van der Waals surface area contributed by atoms with E-state index in [1.54, 1.807) is 0 Å². The molecule has 0 aromatic carbocycles. The Morgan fingerprint density at radius 3 is 2.21 bits per heavy atom. The second-order valence-electron chi connectivity index (χ2n) is 8.27. The molecule has 4 saturated carbocycles. The standard InChI is InChI=1S/C19H32N2O3/c1-2-24-5-3-4-20-18(23)13-21-17(22)12-19-9-14-6-15(10-19)8-16(7-14)11-19/h14-16H,2-13H2,1H3,(H,20,23)(H,21,22). The van der Waals surface area contributed by atoms with Crippen molar-refractivity contribution in [1.29, 1.82) is 0 Å². The Hall–Kier alpha value is -1.10. The van der Waals surface area contributed by atoms with Crippen molar-refractivity contribution in [3.8, 4) is 0 Å². The number of carbonyl (C=O) groups is 2. The van der Waals surface area contributed by atoms with Crippen LogP contribution in [-0.4, -0.2) is 38.1 Å². The smallest absolute Gasteiger partial charge is 0.239 e. The van der Waals surface area contributed by atoms with Gasteiger partial charge in [0.1, 0.15) is 0 Å². The third-order valence-electron chi connectivity index (χ3n) is 6.14. The molecule has 0 saturated heterocycles. The van der Waals surface area contributed by atoms with Crippen LogP contribution in [0.1, 0.15) is 58.3 Å². The zero-order valence-electron chi connectivity index (χ0n) is 14.9. The van der Waals surface area contributed by atoms with E-state index in [9.17, 15) is 9.59 Å². The third kappa shape index (κ3) is 4.50. The Morgan fingerprint density at radius 2 is 1.62 bits per heavy atom. The van der Waals surface area contributed by atoms with Gasteiger partial charge in [-0.2, -0.15) is 0 Å². The van der Waals surface area contributed by atoms with Gasteiger partial charge in [-0.3, -0.25) is 9.59 Å². The van der Waals surface area contributed by atoms with E-state index in [0.717, 1.165) is 24.2 Å². The minimum Gasteiger partial charge on any atom is -0.382 e. The Kier molecular flexibility index (Phi) is 5.80. The molecule has 0 spiro atoms. The maximum atomic E-state index is 12.3. The first-order valence-electron chi connectivity index (χ1n) is 9.70. The van der Waals surface area contributed by atoms with Crippen LogP contribution in [0, 0.1) is 23.2 Å². The summed E-state index contributed by atoms with van der Waals surface area (Å²) in [6.45, 7) is 4.02. The summed E-state index contributed by atoms with van der Waals surface area (Å²) in [5.41, 5.74) is 0.243. The Balaban J connectivity index is 1.35. The lowest BCUT2D eigenvalue weighted by atomic mass is 9.49. The molecule has 4 fully saturated rings. The molecule has 0 unspecified atom stereocenters. The van der Waals surface area contributed by atoms with Crippen molar-refractivity contribution in [2.45, 2.75) is 58.3 Å². The first-order chi connectivity index (χ1) is 11.6. The molecule has 0 radical (unpaired) electrons. The van der Waals surface area contributed by atoms with Crippen molar-refractivity contribution >= 4 is 11.8 Å². The predicted molar refractivity (Wildman–Crippen MR) is 92.4 cm³/mol. The number of hydrogen-bond acceptors (Lipinski definition) is 3. The van der Waals surface area contributed by atoms with Crippen LogP contribution in [0.2, 0.25) is 0 Å². The molecule has 0 heterocycles. The van der Waals surface area contributed by atoms with Gasteiger partial charge < -0.3 is 15.4 Å². The highest BCUT2D eigenvalue weighted by molar-refractivity contribution is 5.84. The quantitative estimate of drug-likeness (QED) is 0.635. The fourth-order valence-electron chi connectivity index (χ4n) is 5.70. The maximum Gasteiger partial charge on any atom is 0.239 e. The summed E-state index contributed by atoms with van der Waals surface area (Å²) in [6, 6.07) is 0. The summed E-state index contributed by atoms with van der Waals surface area (Å²) in [6.07, 6.45) is 9.30. The molecular formula is C19H32N2O3. The van der Waals surface area contributed by atoms with Gasteiger partial charge in [-0.15, -0.1) is 0 Å². The van der Waals surface area contributed by atoms with Crippen molar-refractivity contribution in [3.05, 3.63) is 0 Å². The molecule has 5 heteroatoms. The second kappa shape index (κ2) is 7.85. The predicted octanol–water partition coefficient (Wildman–Crippen LogP) is 2.25. The minimum atomic E-state index is -0.106. The monoisotopic (exact) mass is 336 g/mol. The van der Waals surface area contributed by atoms with Crippen LogP contribution in [0.5, 0.6) is 0 Å². The van der Waals surface area contributed by atoms with Gasteiger partial charge in [0.15, 0.2) is 0 Å². The third-order valence-corrected chi connectivity index (χ3v) is 6.14. The molecule has 4 aliphatic rings. The summed E-state index contributed by atoms with van der Waals surface area (Å²) in [4.78, 5) is 24.1. The summed E-state index contributed by atoms with van der Waals surface area (Å²) in [5.74, 6) is 2.53. The highest BCUT2D eigenvalue weighted by Crippen LogP contribution is 2.61. The van der Waals surface area contributed by atoms with E-state index in [1.807, 2.05) is 6.92 Å². The minimum absolute atomic E-state index is 0.0569. The van der Waals surface area contributed by atoms with E-state index >= 15 is 0 Å². The van der Waals surface area contributed by atoms with E-state index < -0.39 is 0 Å². The van der Waals surface area contributed by atoms with E-state index in [4.69, 9.17) is 4.74 Å². The van der Waals surface area contributed by atoms with Gasteiger partial charge in [-0.05, 0) is 75.0 Å². The number of carbonyl (C=O) groups excluding carboxylic acids is 2. The molecule has 0 aliphatic heterocycles. The van der Waals surface area contributed by atoms with Crippen LogP contribution in [-0.2, 0) is 14.3 Å². The van der Waals surface area contributed by atoms with Crippen LogP contribution < -0.4 is 10.6 Å². The molecule has 0 atom stereocenters. The second-order valence-corrected chi connectivity index (χ2v) is 8.27. The zero-order valence-corrected chi connectivity index (χ0v) is 14.9. The van der Waals surface area contributed by atoms with Gasteiger partial charge in [0, 0.05) is 26.2 Å². The average Bonchev–Trinajstić information content (AvgIpc) is 2.51. The zero-order chi connectivity index (χ0) is 17.0. The molecule has 2 N–H and O–H groups in total. The van der Waals surface area contributed by atoms with Gasteiger partial charge >= 0.3 is 0 Å². The van der Waals surface area contributed by atoms with E-state index in [-0.39, 0.29) is 23.8 Å². The molecule has 0 aromatic rings. The number of nitrogens with one attached hydrogen (secondary N) is 2. The van der Waals surface area contributed by atoms with E-state index in [2.05, 4.69) is 10.6 Å². The summed E-state index contributed by atoms with van der Waals surface area (Å²) < 4.78 is 5.23. The summed E-state index contributed by atoms with van der Waals surface area (Å²) in [7, 11) is 0. The van der Waals surface area contributed by atoms with Gasteiger partial charge in [0.25, 0.3) is 0 Å². The lowest BCUT2D eigenvalue weighted by Gasteiger charge is -2.56. The number of rotatable bonds is 9. The normalized spacial score (nSPS) is 33.5. The van der Waals surface area contributed by atoms with Crippen molar-refractivity contribution < 1.29 is 14.3 Å². The van der Waals surface area contributed by atoms with Crippen LogP contribution >= 0.6 is 0 Å². The maximum absolute atomic E-state index is 12.3. The molecule has 24 heavy (non-hydrogen) atoms. The van der Waals surface area contributed by atoms with E-state index in [0.29, 0.717) is 26.2 Å². The van der Waals surface area contributed by atoms with Crippen molar-refractivity contribution in [3.63, 3.8) is 0 Å². The Morgan fingerprint density at radius 1 is 1.00 bits per heavy atom. The molecule has 5 nitrogen and oxygen atoms in total. The van der Waals surface area contributed by atoms with Gasteiger partial charge in [-0.1, -0.05) is 0 Å². The number of hydrogen-bond donors (Lipinski definition) is 2. The van der Waals surface area contributed by atoms with Gasteiger partial charge in [0.05, 0.1) is 6.54 Å². The van der Waals surface area contributed by atoms with E-state index in [1.165, 1.54) is 38.5 Å². The molecule has 2 amide bonds. The van der Waals surface area contributed by atoms with Crippen molar-refractivity contribution in [2.24, 2.45) is 23.2 Å². The molecule has 136 valence electrons. The van der Waals surface area contributed by atoms with Crippen molar-refractivity contribution in [2.75, 3.05) is 26.3 Å². The Labute approximate surface area is 145 Å². The summed E-state index contributed by atoms with van der Waals surface area (Å²) in [5, 5.41) is 5.65. The highest BCUT2D eigenvalue weighted by Gasteiger charge is 2.51. The van der Waals surface area contributed by atoms with Crippen molar-refractivity contribution in [1.82, 2.24) is 10.6 Å². The van der Waals surface area contributed by atoms with Crippen LogP contribution in [0.25, 0.3) is 0 Å². The lowest BCUT2D eigenvalue weighted by Crippen LogP contribution is -2.48. The SMILES string of the molecule is CCOCCCNC(=O)CNC(=O)CC12CC3CC(CC(C3)C1)C2.